The molecule has 0 saturated carbocycles. The van der Waals surface area contributed by atoms with Crippen LogP contribution in [0.1, 0.15) is 18.7 Å². The lowest BCUT2D eigenvalue weighted by molar-refractivity contribution is 0.129. The molecular formula is C16H18FN3O3S. The van der Waals surface area contributed by atoms with Crippen LogP contribution in [0.15, 0.2) is 41.4 Å². The van der Waals surface area contributed by atoms with Crippen LogP contribution in [0.25, 0.3) is 0 Å². The molecule has 2 heterocycles. The minimum atomic E-state index is -3.68. The van der Waals surface area contributed by atoms with Gasteiger partial charge < -0.3 is 4.74 Å². The van der Waals surface area contributed by atoms with Gasteiger partial charge in [0.2, 0.25) is 15.9 Å². The van der Waals surface area contributed by atoms with Gasteiger partial charge in [-0.2, -0.15) is 9.29 Å². The second kappa shape index (κ2) is 6.82. The van der Waals surface area contributed by atoms with Gasteiger partial charge in [-0.15, -0.1) is 0 Å². The minimum Gasteiger partial charge on any atom is -0.474 e. The topological polar surface area (TPSA) is 72.4 Å². The summed E-state index contributed by atoms with van der Waals surface area (Å²) in [5, 5.41) is 0. The zero-order valence-electron chi connectivity index (χ0n) is 13.2. The predicted octanol–water partition coefficient (Wildman–Crippen LogP) is 2.16. The number of piperidine rings is 1. The smallest absolute Gasteiger partial charge is 0.243 e. The van der Waals surface area contributed by atoms with E-state index in [1.165, 1.54) is 22.5 Å². The van der Waals surface area contributed by atoms with Crippen molar-refractivity contribution in [3.05, 3.63) is 48.2 Å². The van der Waals surface area contributed by atoms with Crippen LogP contribution < -0.4 is 4.74 Å². The van der Waals surface area contributed by atoms with E-state index in [1.807, 2.05) is 0 Å². The number of nitrogens with zero attached hydrogens (tertiary/aromatic N) is 3. The van der Waals surface area contributed by atoms with Crippen LogP contribution in [0.4, 0.5) is 4.39 Å². The van der Waals surface area contributed by atoms with Crippen molar-refractivity contribution >= 4 is 10.0 Å². The lowest BCUT2D eigenvalue weighted by Crippen LogP contribution is -2.41. The van der Waals surface area contributed by atoms with Crippen LogP contribution >= 0.6 is 0 Å². The fourth-order valence-electron chi connectivity index (χ4n) is 2.64. The van der Waals surface area contributed by atoms with E-state index in [0.717, 1.165) is 6.07 Å². The van der Waals surface area contributed by atoms with E-state index in [0.29, 0.717) is 37.6 Å². The average Bonchev–Trinajstić information content (AvgIpc) is 2.55. The highest BCUT2D eigenvalue weighted by atomic mass is 32.2. The number of rotatable bonds is 4. The van der Waals surface area contributed by atoms with Crippen molar-refractivity contribution in [1.82, 2.24) is 14.3 Å². The summed E-state index contributed by atoms with van der Waals surface area (Å²) < 4.78 is 45.5. The maximum absolute atomic E-state index is 13.3. The molecule has 0 N–H and O–H groups in total. The molecule has 1 aromatic heterocycles. The van der Waals surface area contributed by atoms with Gasteiger partial charge in [0.15, 0.2) is 0 Å². The number of hydrogen-bond donors (Lipinski definition) is 0. The Kier molecular flexibility index (Phi) is 4.77. The van der Waals surface area contributed by atoms with Gasteiger partial charge in [0.05, 0.1) is 4.90 Å². The molecule has 0 amide bonds. The Morgan fingerprint density at radius 3 is 2.67 bits per heavy atom. The fraction of sp³-hybridized carbons (Fsp3) is 0.375. The van der Waals surface area contributed by atoms with Crippen LogP contribution in [0.5, 0.6) is 5.88 Å². The van der Waals surface area contributed by atoms with E-state index < -0.39 is 15.8 Å². The summed E-state index contributed by atoms with van der Waals surface area (Å²) in [6.45, 7) is 2.43. The second-order valence-electron chi connectivity index (χ2n) is 5.62. The molecule has 1 fully saturated rings. The molecule has 1 saturated heterocycles. The summed E-state index contributed by atoms with van der Waals surface area (Å²) in [5.41, 5.74) is 0. The summed E-state index contributed by atoms with van der Waals surface area (Å²) in [6.07, 6.45) is 2.63. The number of aromatic nitrogens is 2. The van der Waals surface area contributed by atoms with E-state index in [-0.39, 0.29) is 11.0 Å². The number of halogens is 1. The van der Waals surface area contributed by atoms with Crippen molar-refractivity contribution in [1.29, 1.82) is 0 Å². The highest BCUT2D eigenvalue weighted by Crippen LogP contribution is 2.23. The predicted molar refractivity (Wildman–Crippen MR) is 85.6 cm³/mol. The molecule has 1 aliphatic rings. The Balaban J connectivity index is 1.64. The number of sulfonamides is 1. The van der Waals surface area contributed by atoms with Crippen LogP contribution in [-0.4, -0.2) is 41.9 Å². The van der Waals surface area contributed by atoms with Crippen molar-refractivity contribution < 1.29 is 17.5 Å². The molecule has 0 atom stereocenters. The summed E-state index contributed by atoms with van der Waals surface area (Å²) in [7, 11) is -3.68. The van der Waals surface area contributed by atoms with E-state index in [2.05, 4.69) is 9.97 Å². The van der Waals surface area contributed by atoms with Crippen molar-refractivity contribution in [2.45, 2.75) is 30.8 Å². The van der Waals surface area contributed by atoms with Crippen molar-refractivity contribution in [2.75, 3.05) is 13.1 Å². The Morgan fingerprint density at radius 2 is 2.00 bits per heavy atom. The van der Waals surface area contributed by atoms with E-state index in [4.69, 9.17) is 4.74 Å². The molecule has 2 aromatic rings. The zero-order valence-corrected chi connectivity index (χ0v) is 14.0. The molecule has 0 aliphatic carbocycles. The first-order chi connectivity index (χ1) is 11.4. The molecule has 0 radical (unpaired) electrons. The third-order valence-corrected chi connectivity index (χ3v) is 5.77. The Morgan fingerprint density at radius 1 is 1.25 bits per heavy atom. The van der Waals surface area contributed by atoms with Crippen molar-refractivity contribution in [3.63, 3.8) is 0 Å². The van der Waals surface area contributed by atoms with Gasteiger partial charge in [0.1, 0.15) is 17.7 Å². The van der Waals surface area contributed by atoms with Gasteiger partial charge in [-0.1, -0.05) is 6.07 Å². The third-order valence-electron chi connectivity index (χ3n) is 3.87. The van der Waals surface area contributed by atoms with Gasteiger partial charge in [-0.25, -0.2) is 17.8 Å². The molecule has 0 bridgehead atoms. The molecule has 3 rings (SSSR count). The lowest BCUT2D eigenvalue weighted by atomic mass is 10.1. The van der Waals surface area contributed by atoms with Crippen LogP contribution in [0.3, 0.4) is 0 Å². The van der Waals surface area contributed by atoms with Gasteiger partial charge in [0, 0.05) is 25.4 Å². The Labute approximate surface area is 140 Å². The molecule has 1 aliphatic heterocycles. The quantitative estimate of drug-likeness (QED) is 0.844. The van der Waals surface area contributed by atoms with Crippen LogP contribution in [0.2, 0.25) is 0 Å². The molecule has 128 valence electrons. The van der Waals surface area contributed by atoms with Gasteiger partial charge >= 0.3 is 0 Å². The molecule has 0 unspecified atom stereocenters. The summed E-state index contributed by atoms with van der Waals surface area (Å²) in [4.78, 5) is 8.17. The molecule has 0 spiro atoms. The Bertz CT molecular complexity index is 821. The third kappa shape index (κ3) is 3.70. The molecule has 6 nitrogen and oxygen atoms in total. The normalized spacial score (nSPS) is 16.9. The summed E-state index contributed by atoms with van der Waals surface area (Å²) in [6, 6.07) is 6.76. The number of hydrogen-bond acceptors (Lipinski definition) is 5. The van der Waals surface area contributed by atoms with Gasteiger partial charge in [-0.05, 0) is 38.0 Å². The van der Waals surface area contributed by atoms with Crippen molar-refractivity contribution in [3.8, 4) is 5.88 Å². The second-order valence-corrected chi connectivity index (χ2v) is 7.56. The van der Waals surface area contributed by atoms with Crippen LogP contribution in [0, 0.1) is 12.7 Å². The van der Waals surface area contributed by atoms with Gasteiger partial charge in [-0.3, -0.25) is 0 Å². The zero-order chi connectivity index (χ0) is 17.2. The lowest BCUT2D eigenvalue weighted by Gasteiger charge is -2.31. The van der Waals surface area contributed by atoms with Gasteiger partial charge in [0.25, 0.3) is 0 Å². The number of ether oxygens (including phenoxy) is 1. The summed E-state index contributed by atoms with van der Waals surface area (Å²) in [5.74, 6) is 0.556. The first-order valence-corrected chi connectivity index (χ1v) is 9.11. The van der Waals surface area contributed by atoms with Crippen molar-refractivity contribution in [2.24, 2.45) is 0 Å². The largest absolute Gasteiger partial charge is 0.474 e. The minimum absolute atomic E-state index is 0.0201. The van der Waals surface area contributed by atoms with Crippen LogP contribution in [-0.2, 0) is 10.0 Å². The molecule has 1 aromatic carbocycles. The number of benzene rings is 1. The molecular weight excluding hydrogens is 333 g/mol. The molecule has 24 heavy (non-hydrogen) atoms. The standard InChI is InChI=1S/C16H18FN3O3S/c1-12-18-8-5-16(19-12)23-14-6-9-20(10-7-14)24(21,22)15-4-2-3-13(17)11-15/h2-5,8,11,14H,6-7,9-10H2,1H3. The Hall–Kier alpha value is -2.06. The highest BCUT2D eigenvalue weighted by molar-refractivity contribution is 7.89. The SMILES string of the molecule is Cc1nccc(OC2CCN(S(=O)(=O)c3cccc(F)c3)CC2)n1. The first kappa shape index (κ1) is 16.8. The van der Waals surface area contributed by atoms with E-state index in [9.17, 15) is 12.8 Å². The fourth-order valence-corrected chi connectivity index (χ4v) is 4.14. The average molecular weight is 351 g/mol. The van der Waals surface area contributed by atoms with E-state index in [1.54, 1.807) is 19.2 Å². The number of aryl methyl sites for hydroxylation is 1. The highest BCUT2D eigenvalue weighted by Gasteiger charge is 2.30. The monoisotopic (exact) mass is 351 g/mol. The maximum atomic E-state index is 13.3. The molecule has 8 heteroatoms. The first-order valence-electron chi connectivity index (χ1n) is 7.67. The van der Waals surface area contributed by atoms with E-state index >= 15 is 0 Å². The maximum Gasteiger partial charge on any atom is 0.243 e. The summed E-state index contributed by atoms with van der Waals surface area (Å²) >= 11 is 0.